The Morgan fingerprint density at radius 2 is 1.92 bits per heavy atom. The van der Waals surface area contributed by atoms with Gasteiger partial charge in [0, 0.05) is 23.7 Å². The predicted molar refractivity (Wildman–Crippen MR) is 94.0 cm³/mol. The van der Waals surface area contributed by atoms with Crippen LogP contribution in [0.25, 0.3) is 0 Å². The summed E-state index contributed by atoms with van der Waals surface area (Å²) < 4.78 is 5.12. The van der Waals surface area contributed by atoms with E-state index in [1.165, 1.54) is 4.90 Å². The number of carbonyl (C=O) groups excluding carboxylic acids is 2. The van der Waals surface area contributed by atoms with Crippen molar-refractivity contribution in [1.82, 2.24) is 0 Å². The third-order valence-electron chi connectivity index (χ3n) is 3.77. The van der Waals surface area contributed by atoms with Crippen molar-refractivity contribution in [1.29, 1.82) is 0 Å². The topological polar surface area (TPSA) is 49.9 Å². The third-order valence-corrected chi connectivity index (χ3v) is 4.01. The molecule has 0 spiro atoms. The van der Waals surface area contributed by atoms with Crippen LogP contribution in [-0.4, -0.2) is 25.2 Å². The van der Waals surface area contributed by atoms with Crippen molar-refractivity contribution >= 4 is 40.7 Å². The maximum absolute atomic E-state index is 12.7. The molecule has 5 nitrogen and oxygen atoms in total. The molecule has 0 N–H and O–H groups in total. The van der Waals surface area contributed by atoms with Gasteiger partial charge in [0.05, 0.1) is 18.0 Å². The fourth-order valence-electron chi connectivity index (χ4n) is 2.73. The number of hydrogen-bond acceptors (Lipinski definition) is 3. The van der Waals surface area contributed by atoms with Crippen LogP contribution in [0.1, 0.15) is 13.3 Å². The molecule has 1 aliphatic rings. The number of rotatable bonds is 2. The maximum Gasteiger partial charge on any atom is 0.414 e. The molecule has 0 saturated heterocycles. The minimum atomic E-state index is -0.483. The molecule has 2 aromatic carbocycles. The molecule has 0 unspecified atom stereocenters. The van der Waals surface area contributed by atoms with Gasteiger partial charge in [-0.15, -0.1) is 0 Å². The highest BCUT2D eigenvalue weighted by atomic mass is 35.5. The van der Waals surface area contributed by atoms with Gasteiger partial charge in [0.15, 0.2) is 0 Å². The Morgan fingerprint density at radius 1 is 1.17 bits per heavy atom. The van der Waals surface area contributed by atoms with Crippen LogP contribution in [0.4, 0.5) is 21.9 Å². The Morgan fingerprint density at radius 3 is 2.62 bits per heavy atom. The third kappa shape index (κ3) is 3.08. The quantitative estimate of drug-likeness (QED) is 0.812. The molecule has 2 amide bonds. The summed E-state index contributed by atoms with van der Waals surface area (Å²) in [6.07, 6.45) is -0.288. The summed E-state index contributed by atoms with van der Waals surface area (Å²) in [5, 5.41) is 0.491. The van der Waals surface area contributed by atoms with Gasteiger partial charge in [0.25, 0.3) is 0 Å². The number of ether oxygens (including phenoxy) is 1. The Balaban J connectivity index is 2.13. The molecule has 0 aliphatic carbocycles. The van der Waals surface area contributed by atoms with Crippen LogP contribution in [-0.2, 0) is 9.53 Å². The number of carbonyl (C=O) groups is 2. The van der Waals surface area contributed by atoms with Crippen molar-refractivity contribution in [2.24, 2.45) is 0 Å². The maximum atomic E-state index is 12.7. The Bertz CT molecular complexity index is 764. The molecule has 24 heavy (non-hydrogen) atoms. The number of nitrogens with zero attached hydrogens (tertiary/aromatic N) is 2. The largest absolute Gasteiger partial charge is 0.449 e. The lowest BCUT2D eigenvalue weighted by Gasteiger charge is -2.25. The zero-order valence-electron chi connectivity index (χ0n) is 13.2. The number of benzene rings is 2. The number of fused-ring (bicyclic) bond motifs is 1. The second kappa shape index (κ2) is 6.93. The van der Waals surface area contributed by atoms with E-state index >= 15 is 0 Å². The molecule has 0 saturated carbocycles. The van der Waals surface area contributed by atoms with Gasteiger partial charge in [0.1, 0.15) is 0 Å². The average Bonchev–Trinajstić information content (AvgIpc) is 2.72. The van der Waals surface area contributed by atoms with Crippen LogP contribution in [0.15, 0.2) is 48.5 Å². The van der Waals surface area contributed by atoms with Crippen molar-refractivity contribution in [2.75, 3.05) is 23.0 Å². The second-order valence-corrected chi connectivity index (χ2v) is 5.73. The first-order valence-electron chi connectivity index (χ1n) is 7.73. The molecule has 3 rings (SSSR count). The highest BCUT2D eigenvalue weighted by Crippen LogP contribution is 2.39. The van der Waals surface area contributed by atoms with Crippen LogP contribution in [0.2, 0.25) is 5.02 Å². The molecule has 0 fully saturated rings. The Hall–Kier alpha value is -2.53. The van der Waals surface area contributed by atoms with Crippen molar-refractivity contribution in [2.45, 2.75) is 13.3 Å². The van der Waals surface area contributed by atoms with E-state index in [1.807, 2.05) is 30.3 Å². The average molecular weight is 345 g/mol. The molecule has 0 aromatic heterocycles. The van der Waals surface area contributed by atoms with E-state index in [9.17, 15) is 9.59 Å². The zero-order valence-corrected chi connectivity index (χ0v) is 14.0. The number of amides is 2. The van der Waals surface area contributed by atoms with Crippen molar-refractivity contribution in [3.05, 3.63) is 53.6 Å². The van der Waals surface area contributed by atoms with E-state index in [0.29, 0.717) is 16.4 Å². The second-order valence-electron chi connectivity index (χ2n) is 5.30. The van der Waals surface area contributed by atoms with Crippen LogP contribution >= 0.6 is 11.6 Å². The summed E-state index contributed by atoms with van der Waals surface area (Å²) in [5.41, 5.74) is 1.92. The fourth-order valence-corrected chi connectivity index (χ4v) is 2.89. The first-order valence-corrected chi connectivity index (χ1v) is 8.11. The van der Waals surface area contributed by atoms with E-state index in [0.717, 1.165) is 5.69 Å². The lowest BCUT2D eigenvalue weighted by molar-refractivity contribution is -0.117. The van der Waals surface area contributed by atoms with Gasteiger partial charge in [0.2, 0.25) is 5.91 Å². The van der Waals surface area contributed by atoms with Gasteiger partial charge in [-0.3, -0.25) is 14.6 Å². The molecule has 0 radical (unpaired) electrons. The van der Waals surface area contributed by atoms with Crippen molar-refractivity contribution < 1.29 is 14.3 Å². The van der Waals surface area contributed by atoms with Gasteiger partial charge in [-0.1, -0.05) is 29.8 Å². The summed E-state index contributed by atoms with van der Waals surface area (Å²) in [6.45, 7) is 2.26. The molecule has 1 heterocycles. The first-order chi connectivity index (χ1) is 11.6. The van der Waals surface area contributed by atoms with E-state index in [1.54, 1.807) is 30.0 Å². The van der Waals surface area contributed by atoms with Crippen LogP contribution in [0, 0.1) is 0 Å². The van der Waals surface area contributed by atoms with Crippen LogP contribution < -0.4 is 9.80 Å². The fraction of sp³-hybridized carbons (Fsp3) is 0.222. The molecule has 0 atom stereocenters. The molecular weight excluding hydrogens is 328 g/mol. The molecule has 1 aliphatic heterocycles. The SMILES string of the molecule is CCOC(=O)N1CCC(=O)N(c2ccccc2)c2ccc(Cl)cc21. The molecule has 2 aromatic rings. The van der Waals surface area contributed by atoms with E-state index < -0.39 is 6.09 Å². The summed E-state index contributed by atoms with van der Waals surface area (Å²) >= 11 is 6.12. The summed E-state index contributed by atoms with van der Waals surface area (Å²) in [6, 6.07) is 14.5. The summed E-state index contributed by atoms with van der Waals surface area (Å²) in [7, 11) is 0. The first kappa shape index (κ1) is 16.3. The normalized spacial score (nSPS) is 14.2. The van der Waals surface area contributed by atoms with Gasteiger partial charge in [-0.25, -0.2) is 4.79 Å². The van der Waals surface area contributed by atoms with Crippen LogP contribution in [0.5, 0.6) is 0 Å². The van der Waals surface area contributed by atoms with Gasteiger partial charge < -0.3 is 4.74 Å². The van der Waals surface area contributed by atoms with E-state index in [4.69, 9.17) is 16.3 Å². The minimum absolute atomic E-state index is 0.0865. The summed E-state index contributed by atoms with van der Waals surface area (Å²) in [5.74, 6) is -0.0865. The predicted octanol–water partition coefficient (Wildman–Crippen LogP) is 4.37. The van der Waals surface area contributed by atoms with Gasteiger partial charge in [-0.2, -0.15) is 0 Å². The number of para-hydroxylation sites is 1. The summed E-state index contributed by atoms with van der Waals surface area (Å²) in [4.78, 5) is 28.1. The van der Waals surface area contributed by atoms with Gasteiger partial charge >= 0.3 is 6.09 Å². The highest BCUT2D eigenvalue weighted by molar-refractivity contribution is 6.31. The monoisotopic (exact) mass is 344 g/mol. The molecular formula is C18H17ClN2O3. The number of halogens is 1. The number of anilines is 3. The van der Waals surface area contributed by atoms with Crippen LogP contribution in [0.3, 0.4) is 0 Å². The highest BCUT2D eigenvalue weighted by Gasteiger charge is 2.31. The zero-order chi connectivity index (χ0) is 17.1. The standard InChI is InChI=1S/C18H17ClN2O3/c1-2-24-18(23)20-11-10-17(22)21(14-6-4-3-5-7-14)15-9-8-13(19)12-16(15)20/h3-9,12H,2,10-11H2,1H3. The van der Waals surface area contributed by atoms with Crippen molar-refractivity contribution in [3.63, 3.8) is 0 Å². The lowest BCUT2D eigenvalue weighted by Crippen LogP contribution is -2.32. The van der Waals surface area contributed by atoms with Crippen molar-refractivity contribution in [3.8, 4) is 0 Å². The minimum Gasteiger partial charge on any atom is -0.449 e. The molecule has 124 valence electrons. The smallest absolute Gasteiger partial charge is 0.414 e. The number of hydrogen-bond donors (Lipinski definition) is 0. The van der Waals surface area contributed by atoms with Gasteiger partial charge in [-0.05, 0) is 37.3 Å². The Kier molecular flexibility index (Phi) is 4.71. The Labute approximate surface area is 145 Å². The van der Waals surface area contributed by atoms with E-state index in [-0.39, 0.29) is 25.5 Å². The lowest BCUT2D eigenvalue weighted by atomic mass is 10.2. The molecule has 6 heteroatoms. The van der Waals surface area contributed by atoms with E-state index in [2.05, 4.69) is 0 Å². The molecule has 0 bridgehead atoms.